The monoisotopic (exact) mass is 257 g/mol. The Morgan fingerprint density at radius 1 is 1.42 bits per heavy atom. The van der Waals surface area contributed by atoms with Crippen LogP contribution in [0.3, 0.4) is 0 Å². The molecule has 2 aromatic rings. The van der Waals surface area contributed by atoms with Crippen molar-refractivity contribution < 1.29 is 4.79 Å². The van der Waals surface area contributed by atoms with Gasteiger partial charge in [0, 0.05) is 18.8 Å². The molecule has 6 heteroatoms. The van der Waals surface area contributed by atoms with Gasteiger partial charge in [-0.05, 0) is 23.8 Å². The molecule has 6 nitrogen and oxygen atoms in total. The first-order chi connectivity index (χ1) is 9.15. The van der Waals surface area contributed by atoms with Crippen molar-refractivity contribution in [1.82, 2.24) is 20.1 Å². The minimum atomic E-state index is -0.181. The smallest absolute Gasteiger partial charge is 0.244 e. The van der Waals surface area contributed by atoms with E-state index in [0.29, 0.717) is 18.1 Å². The highest BCUT2D eigenvalue weighted by molar-refractivity contribution is 5.91. The van der Waals surface area contributed by atoms with Gasteiger partial charge in [-0.25, -0.2) is 0 Å². The first-order valence-electron chi connectivity index (χ1n) is 5.79. The number of anilines is 1. The quantitative estimate of drug-likeness (QED) is 0.624. The number of nitrogens with zero attached hydrogens (tertiary/aromatic N) is 3. The third-order valence-electron chi connectivity index (χ3n) is 2.59. The number of benzene rings is 1. The van der Waals surface area contributed by atoms with Crippen LogP contribution in [-0.4, -0.2) is 20.7 Å². The molecule has 1 aromatic carbocycles. The summed E-state index contributed by atoms with van der Waals surface area (Å²) in [6.45, 7) is 0.349. The predicted molar refractivity (Wildman–Crippen MR) is 72.7 cm³/mol. The molecule has 1 aromatic heterocycles. The first kappa shape index (κ1) is 12.8. The molecule has 0 unspecified atom stereocenters. The van der Waals surface area contributed by atoms with Crippen molar-refractivity contribution in [3.05, 3.63) is 48.1 Å². The molecule has 0 atom stereocenters. The molecule has 0 bridgehead atoms. The molecule has 0 saturated carbocycles. The Morgan fingerprint density at radius 3 is 2.79 bits per heavy atom. The van der Waals surface area contributed by atoms with Crippen LogP contribution in [0.2, 0.25) is 0 Å². The number of rotatable bonds is 4. The third-order valence-corrected chi connectivity index (χ3v) is 2.59. The highest BCUT2D eigenvalue weighted by atomic mass is 16.1. The van der Waals surface area contributed by atoms with Gasteiger partial charge in [-0.15, -0.1) is 10.2 Å². The largest absolute Gasteiger partial charge is 0.399 e. The molecule has 98 valence electrons. The maximum absolute atomic E-state index is 11.6. The van der Waals surface area contributed by atoms with E-state index in [9.17, 15) is 4.79 Å². The highest BCUT2D eigenvalue weighted by Gasteiger charge is 2.01. The summed E-state index contributed by atoms with van der Waals surface area (Å²) in [5.41, 5.74) is 7.20. The fourth-order valence-corrected chi connectivity index (χ4v) is 1.47. The van der Waals surface area contributed by atoms with E-state index >= 15 is 0 Å². The number of aromatic nitrogens is 3. The fraction of sp³-hybridized carbons (Fsp3) is 0.154. The van der Waals surface area contributed by atoms with E-state index in [0.717, 1.165) is 5.56 Å². The number of hydrogen-bond donors (Lipinski definition) is 2. The lowest BCUT2D eigenvalue weighted by Gasteiger charge is -2.01. The SMILES string of the molecule is Cn1cnnc1CNC(=O)/C=C/c1ccc(N)cc1. The molecule has 0 aliphatic heterocycles. The summed E-state index contributed by atoms with van der Waals surface area (Å²) in [4.78, 5) is 11.6. The lowest BCUT2D eigenvalue weighted by Crippen LogP contribution is -2.22. The van der Waals surface area contributed by atoms with E-state index in [1.807, 2.05) is 19.2 Å². The molecule has 1 amide bonds. The van der Waals surface area contributed by atoms with Gasteiger partial charge in [0.15, 0.2) is 5.82 Å². The Balaban J connectivity index is 1.87. The molecular formula is C13H15N5O. The molecule has 19 heavy (non-hydrogen) atoms. The minimum Gasteiger partial charge on any atom is -0.399 e. The third kappa shape index (κ3) is 3.67. The van der Waals surface area contributed by atoms with E-state index in [1.54, 1.807) is 29.1 Å². The Labute approximate surface area is 111 Å². The van der Waals surface area contributed by atoms with Gasteiger partial charge in [0.1, 0.15) is 6.33 Å². The van der Waals surface area contributed by atoms with Crippen LogP contribution in [0.25, 0.3) is 6.08 Å². The maximum Gasteiger partial charge on any atom is 0.244 e. The maximum atomic E-state index is 11.6. The molecule has 1 heterocycles. The molecule has 0 saturated heterocycles. The molecule has 0 aliphatic carbocycles. The number of amides is 1. The van der Waals surface area contributed by atoms with Gasteiger partial charge in [0.2, 0.25) is 5.91 Å². The van der Waals surface area contributed by atoms with E-state index in [4.69, 9.17) is 5.73 Å². The standard InChI is InChI=1S/C13H15N5O/c1-18-9-16-17-12(18)8-15-13(19)7-4-10-2-5-11(14)6-3-10/h2-7,9H,8,14H2,1H3,(H,15,19)/b7-4+. The van der Waals surface area contributed by atoms with Gasteiger partial charge in [0.25, 0.3) is 0 Å². The number of aryl methyl sites for hydroxylation is 1. The van der Waals surface area contributed by atoms with E-state index in [2.05, 4.69) is 15.5 Å². The highest BCUT2D eigenvalue weighted by Crippen LogP contribution is 2.06. The van der Waals surface area contributed by atoms with Crippen molar-refractivity contribution in [2.24, 2.45) is 7.05 Å². The zero-order valence-corrected chi connectivity index (χ0v) is 10.6. The lowest BCUT2D eigenvalue weighted by atomic mass is 10.2. The minimum absolute atomic E-state index is 0.181. The summed E-state index contributed by atoms with van der Waals surface area (Å²) in [7, 11) is 1.83. The molecule has 0 radical (unpaired) electrons. The first-order valence-corrected chi connectivity index (χ1v) is 5.79. The van der Waals surface area contributed by atoms with Gasteiger partial charge in [0.05, 0.1) is 6.54 Å². The summed E-state index contributed by atoms with van der Waals surface area (Å²) >= 11 is 0. The zero-order chi connectivity index (χ0) is 13.7. The van der Waals surface area contributed by atoms with Crippen LogP contribution in [0.4, 0.5) is 5.69 Å². The second kappa shape index (κ2) is 5.81. The molecule has 0 aliphatic rings. The molecule has 0 spiro atoms. The van der Waals surface area contributed by atoms with E-state index in [-0.39, 0.29) is 5.91 Å². The van der Waals surface area contributed by atoms with Gasteiger partial charge in [-0.2, -0.15) is 0 Å². The predicted octanol–water partition coefficient (Wildman–Crippen LogP) is 0.727. The fourth-order valence-electron chi connectivity index (χ4n) is 1.47. The average molecular weight is 257 g/mol. The van der Waals surface area contributed by atoms with Crippen molar-refractivity contribution in [2.45, 2.75) is 6.54 Å². The van der Waals surface area contributed by atoms with Gasteiger partial charge < -0.3 is 15.6 Å². The van der Waals surface area contributed by atoms with Crippen molar-refractivity contribution in [1.29, 1.82) is 0 Å². The van der Waals surface area contributed by atoms with Gasteiger partial charge in [-0.3, -0.25) is 4.79 Å². The van der Waals surface area contributed by atoms with Gasteiger partial charge >= 0.3 is 0 Å². The van der Waals surface area contributed by atoms with E-state index in [1.165, 1.54) is 6.08 Å². The molecular weight excluding hydrogens is 242 g/mol. The van der Waals surface area contributed by atoms with Crippen LogP contribution in [0.15, 0.2) is 36.7 Å². The second-order valence-electron chi connectivity index (χ2n) is 4.08. The number of nitrogens with two attached hydrogens (primary N) is 1. The number of carbonyl (C=O) groups excluding carboxylic acids is 1. The Kier molecular flexibility index (Phi) is 3.92. The summed E-state index contributed by atoms with van der Waals surface area (Å²) < 4.78 is 1.75. The Hall–Kier alpha value is -2.63. The van der Waals surface area contributed by atoms with Crippen molar-refractivity contribution in [2.75, 3.05) is 5.73 Å². The van der Waals surface area contributed by atoms with Crippen molar-refractivity contribution >= 4 is 17.7 Å². The second-order valence-corrected chi connectivity index (χ2v) is 4.08. The summed E-state index contributed by atoms with van der Waals surface area (Å²) in [5.74, 6) is 0.522. The molecule has 3 N–H and O–H groups in total. The molecule has 0 fully saturated rings. The van der Waals surface area contributed by atoms with Gasteiger partial charge in [-0.1, -0.05) is 12.1 Å². The van der Waals surface area contributed by atoms with Crippen molar-refractivity contribution in [3.8, 4) is 0 Å². The summed E-state index contributed by atoms with van der Waals surface area (Å²) in [6.07, 6.45) is 4.79. The lowest BCUT2D eigenvalue weighted by molar-refractivity contribution is -0.116. The van der Waals surface area contributed by atoms with Crippen LogP contribution in [-0.2, 0) is 18.4 Å². The number of carbonyl (C=O) groups is 1. The van der Waals surface area contributed by atoms with Crippen LogP contribution in [0.1, 0.15) is 11.4 Å². The number of hydrogen-bond acceptors (Lipinski definition) is 4. The Morgan fingerprint density at radius 2 is 2.16 bits per heavy atom. The Bertz CT molecular complexity index is 585. The van der Waals surface area contributed by atoms with Crippen LogP contribution in [0, 0.1) is 0 Å². The van der Waals surface area contributed by atoms with E-state index < -0.39 is 0 Å². The van der Waals surface area contributed by atoms with Crippen molar-refractivity contribution in [3.63, 3.8) is 0 Å². The summed E-state index contributed by atoms with van der Waals surface area (Å²) in [6, 6.07) is 7.28. The number of nitrogens with one attached hydrogen (secondary N) is 1. The molecule has 2 rings (SSSR count). The van der Waals surface area contributed by atoms with Crippen LogP contribution >= 0.6 is 0 Å². The zero-order valence-electron chi connectivity index (χ0n) is 10.6. The van der Waals surface area contributed by atoms with Crippen LogP contribution < -0.4 is 11.1 Å². The average Bonchev–Trinajstić information content (AvgIpc) is 2.81. The normalized spacial score (nSPS) is 10.8. The topological polar surface area (TPSA) is 85.8 Å². The summed E-state index contributed by atoms with van der Waals surface area (Å²) in [5, 5.41) is 10.3. The number of nitrogen functional groups attached to an aromatic ring is 1. The van der Waals surface area contributed by atoms with Crippen LogP contribution in [0.5, 0.6) is 0 Å².